The van der Waals surface area contributed by atoms with E-state index in [1.54, 1.807) is 24.3 Å². The van der Waals surface area contributed by atoms with Gasteiger partial charge in [0.25, 0.3) is 0 Å². The summed E-state index contributed by atoms with van der Waals surface area (Å²) in [4.78, 5) is 12.9. The molecule has 3 rings (SSSR count). The van der Waals surface area contributed by atoms with Crippen LogP contribution >= 0.6 is 11.6 Å². The number of carbonyl (C=O) groups is 1. The minimum atomic E-state index is -3.52. The molecule has 0 aromatic heterocycles. The number of rotatable bonds is 6. The van der Waals surface area contributed by atoms with Crippen molar-refractivity contribution in [3.8, 4) is 0 Å². The molecule has 0 spiro atoms. The van der Waals surface area contributed by atoms with Crippen molar-refractivity contribution in [1.82, 2.24) is 9.62 Å². The highest BCUT2D eigenvalue weighted by Crippen LogP contribution is 2.24. The van der Waals surface area contributed by atoms with Crippen molar-refractivity contribution < 1.29 is 13.2 Å². The number of carbonyl (C=O) groups excluding carboxylic acids is 1. The van der Waals surface area contributed by atoms with Crippen LogP contribution in [0.1, 0.15) is 48.1 Å². The molecule has 1 heterocycles. The molecule has 1 saturated heterocycles. The van der Waals surface area contributed by atoms with Gasteiger partial charge in [0, 0.05) is 18.1 Å². The molecule has 1 aliphatic heterocycles. The molecule has 0 saturated carbocycles. The maximum Gasteiger partial charge on any atom is 0.224 e. The van der Waals surface area contributed by atoms with Gasteiger partial charge in [0.1, 0.15) is 0 Å². The largest absolute Gasteiger partial charge is 0.349 e. The van der Waals surface area contributed by atoms with Crippen molar-refractivity contribution in [2.75, 3.05) is 13.1 Å². The highest BCUT2D eigenvalue weighted by atomic mass is 35.5. The second-order valence-corrected chi connectivity index (χ2v) is 10.6. The number of benzene rings is 2. The fraction of sp³-hybridized carbons (Fsp3) is 0.435. The Hall–Kier alpha value is -1.89. The topological polar surface area (TPSA) is 66.5 Å². The van der Waals surface area contributed by atoms with Crippen LogP contribution in [0.3, 0.4) is 0 Å². The first-order valence-electron chi connectivity index (χ1n) is 10.3. The lowest BCUT2D eigenvalue weighted by Gasteiger charge is -2.32. The van der Waals surface area contributed by atoms with Gasteiger partial charge in [-0.25, -0.2) is 12.7 Å². The third-order valence-corrected chi connectivity index (χ3v) is 7.70. The number of halogens is 1. The van der Waals surface area contributed by atoms with Gasteiger partial charge in [-0.15, -0.1) is 0 Å². The number of sulfonamides is 1. The Balaban J connectivity index is 1.66. The third-order valence-electron chi connectivity index (χ3n) is 5.65. The smallest absolute Gasteiger partial charge is 0.224 e. The Labute approximate surface area is 184 Å². The molecule has 2 aromatic rings. The molecule has 2 atom stereocenters. The SMILES string of the molecule is Cc1ccc(C)c([C@@H](C)NC(=O)[C@H]2CCCN(S(=O)(=O)Cc3cccc(Cl)c3)C2)c1. The van der Waals surface area contributed by atoms with E-state index in [4.69, 9.17) is 11.6 Å². The van der Waals surface area contributed by atoms with Crippen molar-refractivity contribution in [2.24, 2.45) is 5.92 Å². The van der Waals surface area contributed by atoms with Crippen LogP contribution in [-0.2, 0) is 20.6 Å². The monoisotopic (exact) mass is 448 g/mol. The van der Waals surface area contributed by atoms with Gasteiger partial charge in [0.05, 0.1) is 17.7 Å². The molecular weight excluding hydrogens is 420 g/mol. The van der Waals surface area contributed by atoms with Gasteiger partial charge < -0.3 is 5.32 Å². The van der Waals surface area contributed by atoms with Gasteiger partial charge in [-0.3, -0.25) is 4.79 Å². The molecule has 2 aromatic carbocycles. The number of nitrogens with one attached hydrogen (secondary N) is 1. The van der Waals surface area contributed by atoms with E-state index in [9.17, 15) is 13.2 Å². The van der Waals surface area contributed by atoms with Gasteiger partial charge in [-0.2, -0.15) is 0 Å². The molecule has 30 heavy (non-hydrogen) atoms. The number of nitrogens with zero attached hydrogens (tertiary/aromatic N) is 1. The number of hydrogen-bond acceptors (Lipinski definition) is 3. The van der Waals surface area contributed by atoms with Crippen molar-refractivity contribution in [2.45, 2.75) is 45.4 Å². The summed E-state index contributed by atoms with van der Waals surface area (Å²) in [7, 11) is -3.52. The molecule has 162 valence electrons. The van der Waals surface area contributed by atoms with Crippen LogP contribution in [0.25, 0.3) is 0 Å². The quantitative estimate of drug-likeness (QED) is 0.713. The predicted octanol–water partition coefficient (Wildman–Crippen LogP) is 4.38. The number of piperidine rings is 1. The van der Waals surface area contributed by atoms with E-state index in [0.29, 0.717) is 30.0 Å². The van der Waals surface area contributed by atoms with E-state index >= 15 is 0 Å². The fourth-order valence-corrected chi connectivity index (χ4v) is 5.78. The maximum atomic E-state index is 12.9. The third kappa shape index (κ3) is 5.62. The van der Waals surface area contributed by atoms with Crippen LogP contribution in [0, 0.1) is 19.8 Å². The number of hydrogen-bond donors (Lipinski definition) is 1. The van der Waals surface area contributed by atoms with Crippen molar-refractivity contribution in [3.05, 3.63) is 69.7 Å². The first-order valence-corrected chi connectivity index (χ1v) is 12.2. The van der Waals surface area contributed by atoms with Gasteiger partial charge in [0.2, 0.25) is 15.9 Å². The predicted molar refractivity (Wildman–Crippen MR) is 121 cm³/mol. The molecular formula is C23H29ClN2O3S. The second-order valence-electron chi connectivity index (χ2n) is 8.17. The molecule has 0 bridgehead atoms. The number of aryl methyl sites for hydroxylation is 2. The van der Waals surface area contributed by atoms with Crippen LogP contribution in [0.4, 0.5) is 0 Å². The van der Waals surface area contributed by atoms with Gasteiger partial charge in [-0.05, 0) is 62.4 Å². The Bertz CT molecular complexity index is 1020. The second kappa shape index (κ2) is 9.50. The summed E-state index contributed by atoms with van der Waals surface area (Å²) < 4.78 is 27.3. The first-order chi connectivity index (χ1) is 14.2. The van der Waals surface area contributed by atoms with Gasteiger partial charge >= 0.3 is 0 Å². The molecule has 0 unspecified atom stereocenters. The highest BCUT2D eigenvalue weighted by Gasteiger charge is 2.33. The van der Waals surface area contributed by atoms with E-state index in [1.807, 2.05) is 20.8 Å². The van der Waals surface area contributed by atoms with Crippen LogP contribution < -0.4 is 5.32 Å². The lowest BCUT2D eigenvalue weighted by molar-refractivity contribution is -0.126. The zero-order chi connectivity index (χ0) is 21.9. The lowest BCUT2D eigenvalue weighted by Crippen LogP contribution is -2.46. The Morgan fingerprint density at radius 2 is 2.00 bits per heavy atom. The molecule has 0 radical (unpaired) electrons. The molecule has 0 aliphatic carbocycles. The first kappa shape index (κ1) is 22.8. The highest BCUT2D eigenvalue weighted by molar-refractivity contribution is 7.88. The Morgan fingerprint density at radius 3 is 2.73 bits per heavy atom. The molecule has 1 N–H and O–H groups in total. The lowest BCUT2D eigenvalue weighted by atomic mass is 9.96. The molecule has 5 nitrogen and oxygen atoms in total. The summed E-state index contributed by atoms with van der Waals surface area (Å²) >= 11 is 5.98. The van der Waals surface area contributed by atoms with Crippen molar-refractivity contribution in [1.29, 1.82) is 0 Å². The zero-order valence-electron chi connectivity index (χ0n) is 17.7. The van der Waals surface area contributed by atoms with Gasteiger partial charge in [0.15, 0.2) is 0 Å². The minimum Gasteiger partial charge on any atom is -0.349 e. The van der Waals surface area contributed by atoms with Crippen LogP contribution in [0.2, 0.25) is 5.02 Å². The van der Waals surface area contributed by atoms with Crippen LogP contribution in [0.15, 0.2) is 42.5 Å². The van der Waals surface area contributed by atoms with Gasteiger partial charge in [-0.1, -0.05) is 47.5 Å². The summed E-state index contributed by atoms with van der Waals surface area (Å²) in [5, 5.41) is 3.60. The van der Waals surface area contributed by atoms with E-state index in [1.165, 1.54) is 4.31 Å². The Morgan fingerprint density at radius 1 is 1.23 bits per heavy atom. The zero-order valence-corrected chi connectivity index (χ0v) is 19.3. The Kier molecular flexibility index (Phi) is 7.22. The standard InChI is InChI=1S/C23H29ClN2O3S/c1-16-9-10-17(2)22(12-16)18(3)25-23(27)20-7-5-11-26(14-20)30(28,29)15-19-6-4-8-21(24)13-19/h4,6,8-10,12-13,18,20H,5,7,11,14-15H2,1-3H3,(H,25,27)/t18-,20+/m1/s1. The normalized spacial score (nSPS) is 18.7. The van der Waals surface area contributed by atoms with E-state index in [-0.39, 0.29) is 30.2 Å². The summed E-state index contributed by atoms with van der Waals surface area (Å²) in [6.07, 6.45) is 1.36. The minimum absolute atomic E-state index is 0.0916. The summed E-state index contributed by atoms with van der Waals surface area (Å²) in [5.74, 6) is -0.549. The molecule has 1 aliphatic rings. The van der Waals surface area contributed by atoms with E-state index in [2.05, 4.69) is 23.5 Å². The van der Waals surface area contributed by atoms with Crippen molar-refractivity contribution >= 4 is 27.5 Å². The maximum absolute atomic E-state index is 12.9. The van der Waals surface area contributed by atoms with E-state index in [0.717, 1.165) is 16.7 Å². The van der Waals surface area contributed by atoms with Crippen LogP contribution in [-0.4, -0.2) is 31.7 Å². The molecule has 1 fully saturated rings. The average Bonchev–Trinajstić information content (AvgIpc) is 2.69. The fourth-order valence-electron chi connectivity index (χ4n) is 3.97. The average molecular weight is 449 g/mol. The molecule has 1 amide bonds. The number of amides is 1. The van der Waals surface area contributed by atoms with Crippen LogP contribution in [0.5, 0.6) is 0 Å². The molecule has 7 heteroatoms. The summed E-state index contributed by atoms with van der Waals surface area (Å²) in [6.45, 7) is 6.69. The van der Waals surface area contributed by atoms with Crippen molar-refractivity contribution in [3.63, 3.8) is 0 Å². The summed E-state index contributed by atoms with van der Waals surface area (Å²) in [6, 6.07) is 12.9. The van der Waals surface area contributed by atoms with E-state index < -0.39 is 10.0 Å². The summed E-state index contributed by atoms with van der Waals surface area (Å²) in [5.41, 5.74) is 4.01.